The summed E-state index contributed by atoms with van der Waals surface area (Å²) in [7, 11) is 1.96. The quantitative estimate of drug-likeness (QED) is 0.804. The Bertz CT molecular complexity index is 879. The maximum atomic E-state index is 13.2. The number of H-pyrrole nitrogens is 1. The molecule has 0 aliphatic heterocycles. The molecule has 0 radical (unpaired) electrons. The molecule has 0 fully saturated rings. The highest BCUT2D eigenvalue weighted by Gasteiger charge is 2.14. The minimum absolute atomic E-state index is 0.0745. The van der Waals surface area contributed by atoms with E-state index in [-0.39, 0.29) is 11.5 Å². The van der Waals surface area contributed by atoms with Gasteiger partial charge in [-0.25, -0.2) is 14.4 Å². The third-order valence-electron chi connectivity index (χ3n) is 3.96. The van der Waals surface area contributed by atoms with Crippen molar-refractivity contribution in [2.45, 2.75) is 19.5 Å². The van der Waals surface area contributed by atoms with Crippen molar-refractivity contribution in [1.29, 1.82) is 0 Å². The average molecular weight is 312 g/mol. The predicted octanol–water partition coefficient (Wildman–Crippen LogP) is 2.65. The highest BCUT2D eigenvalue weighted by Crippen LogP contribution is 2.18. The Morgan fingerprint density at radius 3 is 2.87 bits per heavy atom. The van der Waals surface area contributed by atoms with Crippen LogP contribution in [0, 0.1) is 5.82 Å². The van der Waals surface area contributed by atoms with Crippen molar-refractivity contribution < 1.29 is 4.39 Å². The summed E-state index contributed by atoms with van der Waals surface area (Å²) in [5, 5.41) is 0.361. The van der Waals surface area contributed by atoms with Crippen molar-refractivity contribution in [1.82, 2.24) is 19.9 Å². The van der Waals surface area contributed by atoms with Gasteiger partial charge in [0.15, 0.2) is 5.43 Å². The Morgan fingerprint density at radius 2 is 2.13 bits per heavy atom. The van der Waals surface area contributed by atoms with Crippen LogP contribution in [0.25, 0.3) is 10.9 Å². The van der Waals surface area contributed by atoms with E-state index in [0.29, 0.717) is 17.4 Å². The lowest BCUT2D eigenvalue weighted by molar-refractivity contribution is 0.246. The zero-order valence-electron chi connectivity index (χ0n) is 13.0. The van der Waals surface area contributed by atoms with Crippen molar-refractivity contribution in [2.24, 2.45) is 0 Å². The fourth-order valence-corrected chi connectivity index (χ4v) is 2.54. The largest absolute Gasteiger partial charge is 0.357 e. The predicted molar refractivity (Wildman–Crippen MR) is 86.4 cm³/mol. The van der Waals surface area contributed by atoms with Crippen molar-refractivity contribution >= 4 is 10.9 Å². The van der Waals surface area contributed by atoms with Crippen LogP contribution in [-0.2, 0) is 6.54 Å². The molecule has 1 aromatic carbocycles. The monoisotopic (exact) mass is 312 g/mol. The molecule has 1 atom stereocenters. The Hall–Kier alpha value is -2.60. The normalized spacial score (nSPS) is 12.7. The van der Waals surface area contributed by atoms with Crippen LogP contribution < -0.4 is 5.43 Å². The summed E-state index contributed by atoms with van der Waals surface area (Å²) in [5.41, 5.74) is 2.14. The van der Waals surface area contributed by atoms with Crippen molar-refractivity contribution in [3.05, 3.63) is 70.3 Å². The molecule has 0 aliphatic rings. The molecule has 0 amide bonds. The lowest BCUT2D eigenvalue weighted by Crippen LogP contribution is -2.24. The van der Waals surface area contributed by atoms with E-state index in [1.54, 1.807) is 12.3 Å². The van der Waals surface area contributed by atoms with Crippen LogP contribution in [-0.4, -0.2) is 26.9 Å². The first-order valence-electron chi connectivity index (χ1n) is 7.32. The van der Waals surface area contributed by atoms with Gasteiger partial charge in [0.05, 0.1) is 5.69 Å². The molecule has 0 saturated heterocycles. The number of benzene rings is 1. The van der Waals surface area contributed by atoms with Gasteiger partial charge in [0.1, 0.15) is 12.1 Å². The first kappa shape index (κ1) is 15.3. The minimum atomic E-state index is -0.412. The average Bonchev–Trinajstić information content (AvgIpc) is 2.55. The number of hydrogen-bond donors (Lipinski definition) is 1. The van der Waals surface area contributed by atoms with Crippen LogP contribution in [0.5, 0.6) is 0 Å². The number of fused-ring (bicyclic) bond motifs is 1. The molecule has 0 unspecified atom stereocenters. The van der Waals surface area contributed by atoms with Gasteiger partial charge in [0, 0.05) is 41.4 Å². The molecular weight excluding hydrogens is 295 g/mol. The van der Waals surface area contributed by atoms with E-state index < -0.39 is 5.82 Å². The highest BCUT2D eigenvalue weighted by atomic mass is 19.1. The van der Waals surface area contributed by atoms with Crippen molar-refractivity contribution in [3.8, 4) is 0 Å². The maximum Gasteiger partial charge on any atom is 0.189 e. The Balaban J connectivity index is 1.86. The van der Waals surface area contributed by atoms with Crippen LogP contribution in [0.2, 0.25) is 0 Å². The SMILES string of the molecule is C[C@H](c1ccncn1)N(C)Cc1cc(=O)c2cc(F)ccc2[nH]1. The second kappa shape index (κ2) is 6.26. The second-order valence-corrected chi connectivity index (χ2v) is 5.57. The maximum absolute atomic E-state index is 13.2. The van der Waals surface area contributed by atoms with Crippen LogP contribution in [0.3, 0.4) is 0 Å². The summed E-state index contributed by atoms with van der Waals surface area (Å²) in [6.07, 6.45) is 3.23. The van der Waals surface area contributed by atoms with Crippen LogP contribution in [0.15, 0.2) is 47.7 Å². The lowest BCUT2D eigenvalue weighted by atomic mass is 10.1. The number of pyridine rings is 1. The van der Waals surface area contributed by atoms with Gasteiger partial charge in [-0.2, -0.15) is 0 Å². The molecule has 0 bridgehead atoms. The number of halogens is 1. The van der Waals surface area contributed by atoms with E-state index in [9.17, 15) is 9.18 Å². The molecule has 23 heavy (non-hydrogen) atoms. The van der Waals surface area contributed by atoms with Crippen molar-refractivity contribution in [2.75, 3.05) is 7.05 Å². The zero-order valence-corrected chi connectivity index (χ0v) is 13.0. The molecule has 2 heterocycles. The molecular formula is C17H17FN4O. The number of hydrogen-bond acceptors (Lipinski definition) is 4. The molecule has 2 aromatic heterocycles. The topological polar surface area (TPSA) is 61.9 Å². The molecule has 0 aliphatic carbocycles. The van der Waals surface area contributed by atoms with Gasteiger partial charge in [0.25, 0.3) is 0 Å². The van der Waals surface area contributed by atoms with Gasteiger partial charge in [-0.05, 0) is 38.2 Å². The zero-order chi connectivity index (χ0) is 16.4. The Labute approximate surface area is 132 Å². The lowest BCUT2D eigenvalue weighted by Gasteiger charge is -2.24. The van der Waals surface area contributed by atoms with Crippen molar-refractivity contribution in [3.63, 3.8) is 0 Å². The number of nitrogens with one attached hydrogen (secondary N) is 1. The first-order chi connectivity index (χ1) is 11.0. The third kappa shape index (κ3) is 3.27. The van der Waals surface area contributed by atoms with Crippen LogP contribution in [0.4, 0.5) is 4.39 Å². The van der Waals surface area contributed by atoms with Gasteiger partial charge in [-0.3, -0.25) is 9.69 Å². The van der Waals surface area contributed by atoms with E-state index in [1.165, 1.54) is 24.5 Å². The summed E-state index contributed by atoms with van der Waals surface area (Å²) in [6, 6.07) is 7.65. The summed E-state index contributed by atoms with van der Waals surface area (Å²) in [4.78, 5) is 25.6. The van der Waals surface area contributed by atoms with Gasteiger partial charge in [-0.1, -0.05) is 0 Å². The molecule has 0 spiro atoms. The fourth-order valence-electron chi connectivity index (χ4n) is 2.54. The molecule has 1 N–H and O–H groups in total. The van der Waals surface area contributed by atoms with E-state index in [0.717, 1.165) is 11.4 Å². The molecule has 118 valence electrons. The number of aromatic nitrogens is 3. The summed E-state index contributed by atoms with van der Waals surface area (Å²) in [5.74, 6) is -0.412. The molecule has 6 heteroatoms. The van der Waals surface area contributed by atoms with E-state index in [2.05, 4.69) is 19.9 Å². The third-order valence-corrected chi connectivity index (χ3v) is 3.96. The van der Waals surface area contributed by atoms with Gasteiger partial charge in [0.2, 0.25) is 0 Å². The number of rotatable bonds is 4. The summed E-state index contributed by atoms with van der Waals surface area (Å²) < 4.78 is 13.2. The van der Waals surface area contributed by atoms with Crippen LogP contribution in [0.1, 0.15) is 24.4 Å². The first-order valence-corrected chi connectivity index (χ1v) is 7.32. The highest BCUT2D eigenvalue weighted by molar-refractivity contribution is 5.78. The molecule has 3 rings (SSSR count). The molecule has 0 saturated carbocycles. The standard InChI is InChI=1S/C17H17FN4O/c1-11(15-5-6-19-10-20-15)22(2)9-13-8-17(23)14-7-12(18)3-4-16(14)21-13/h3-8,10-11H,9H2,1-2H3,(H,21,23)/t11-/m1/s1. The minimum Gasteiger partial charge on any atom is -0.357 e. The van der Waals surface area contributed by atoms with E-state index in [1.807, 2.05) is 20.0 Å². The summed E-state index contributed by atoms with van der Waals surface area (Å²) >= 11 is 0. The van der Waals surface area contributed by atoms with Crippen LogP contribution >= 0.6 is 0 Å². The Kier molecular flexibility index (Phi) is 4.16. The number of nitrogens with zero attached hydrogens (tertiary/aromatic N) is 3. The van der Waals surface area contributed by atoms with Gasteiger partial charge < -0.3 is 4.98 Å². The van der Waals surface area contributed by atoms with Gasteiger partial charge >= 0.3 is 0 Å². The second-order valence-electron chi connectivity index (χ2n) is 5.57. The van der Waals surface area contributed by atoms with E-state index in [4.69, 9.17) is 0 Å². The van der Waals surface area contributed by atoms with Gasteiger partial charge in [-0.15, -0.1) is 0 Å². The molecule has 3 aromatic rings. The van der Waals surface area contributed by atoms with E-state index >= 15 is 0 Å². The molecule has 5 nitrogen and oxygen atoms in total. The number of aromatic amines is 1. The fraction of sp³-hybridized carbons (Fsp3) is 0.235. The Morgan fingerprint density at radius 1 is 1.30 bits per heavy atom. The summed E-state index contributed by atoms with van der Waals surface area (Å²) in [6.45, 7) is 2.59. The smallest absolute Gasteiger partial charge is 0.189 e.